The maximum absolute atomic E-state index is 13.0. The zero-order valence-electron chi connectivity index (χ0n) is 10.3. The largest absolute Gasteiger partial charge is 0.388 e. The molecule has 0 amide bonds. The number of aliphatic hydroxyl groups is 1. The minimum absolute atomic E-state index is 0.0280. The lowest BCUT2D eigenvalue weighted by molar-refractivity contribution is 0.166. The summed E-state index contributed by atoms with van der Waals surface area (Å²) in [5, 5.41) is 13.8. The standard InChI is InChI=1S/C13H13F3N2O/c1-18-7-8(6-17-18)2-3-12(19)9-4-10(14)13(16)11(15)5-9/h4-7,12,19H,2-3H2,1H3. The third-order valence-electron chi connectivity index (χ3n) is 2.86. The van der Waals surface area contributed by atoms with Crippen LogP contribution in [0.25, 0.3) is 0 Å². The second kappa shape index (κ2) is 5.44. The van der Waals surface area contributed by atoms with E-state index < -0.39 is 23.6 Å². The molecule has 1 heterocycles. The molecule has 0 bridgehead atoms. The van der Waals surface area contributed by atoms with Gasteiger partial charge in [0, 0.05) is 13.2 Å². The normalized spacial score (nSPS) is 12.7. The van der Waals surface area contributed by atoms with Crippen molar-refractivity contribution in [3.8, 4) is 0 Å². The van der Waals surface area contributed by atoms with Crippen molar-refractivity contribution in [1.82, 2.24) is 9.78 Å². The molecule has 0 radical (unpaired) electrons. The molecule has 19 heavy (non-hydrogen) atoms. The minimum Gasteiger partial charge on any atom is -0.388 e. The number of hydrogen-bond donors (Lipinski definition) is 1. The van der Waals surface area contributed by atoms with E-state index in [1.165, 1.54) is 0 Å². The van der Waals surface area contributed by atoms with Crippen molar-refractivity contribution in [3.63, 3.8) is 0 Å². The maximum atomic E-state index is 13.0. The highest BCUT2D eigenvalue weighted by Crippen LogP contribution is 2.22. The molecule has 0 saturated heterocycles. The summed E-state index contributed by atoms with van der Waals surface area (Å²) in [7, 11) is 1.77. The summed E-state index contributed by atoms with van der Waals surface area (Å²) >= 11 is 0. The number of aryl methyl sites for hydroxylation is 2. The average Bonchev–Trinajstić information content (AvgIpc) is 2.78. The quantitative estimate of drug-likeness (QED) is 0.867. The summed E-state index contributed by atoms with van der Waals surface area (Å²) in [5.74, 6) is -4.12. The summed E-state index contributed by atoms with van der Waals surface area (Å²) in [6.45, 7) is 0. The summed E-state index contributed by atoms with van der Waals surface area (Å²) in [5.41, 5.74) is 0.935. The number of nitrogens with zero attached hydrogens (tertiary/aromatic N) is 2. The second-order valence-electron chi connectivity index (χ2n) is 4.38. The van der Waals surface area contributed by atoms with Crippen LogP contribution in [0.5, 0.6) is 0 Å². The highest BCUT2D eigenvalue weighted by Gasteiger charge is 2.15. The Bertz CT molecular complexity index is 560. The van der Waals surface area contributed by atoms with E-state index in [1.807, 2.05) is 0 Å². The molecule has 6 heteroatoms. The first-order chi connectivity index (χ1) is 8.97. The fourth-order valence-electron chi connectivity index (χ4n) is 1.84. The molecule has 1 N–H and O–H groups in total. The third-order valence-corrected chi connectivity index (χ3v) is 2.86. The van der Waals surface area contributed by atoms with E-state index in [0.29, 0.717) is 6.42 Å². The molecule has 0 saturated carbocycles. The highest BCUT2D eigenvalue weighted by atomic mass is 19.2. The van der Waals surface area contributed by atoms with Crippen LogP contribution in [0.1, 0.15) is 23.7 Å². The lowest BCUT2D eigenvalue weighted by Gasteiger charge is -2.11. The zero-order chi connectivity index (χ0) is 14.0. The molecule has 1 atom stereocenters. The van der Waals surface area contributed by atoms with E-state index in [1.54, 1.807) is 24.1 Å². The smallest absolute Gasteiger partial charge is 0.194 e. The van der Waals surface area contributed by atoms with Gasteiger partial charge in [-0.3, -0.25) is 4.68 Å². The summed E-state index contributed by atoms with van der Waals surface area (Å²) < 4.78 is 40.5. The van der Waals surface area contributed by atoms with Crippen LogP contribution in [0.4, 0.5) is 13.2 Å². The topological polar surface area (TPSA) is 38.0 Å². The Morgan fingerprint density at radius 3 is 2.42 bits per heavy atom. The molecule has 102 valence electrons. The Labute approximate surface area is 108 Å². The van der Waals surface area contributed by atoms with Crippen LogP contribution < -0.4 is 0 Å². The molecule has 0 fully saturated rings. The fraction of sp³-hybridized carbons (Fsp3) is 0.308. The number of halogens is 3. The SMILES string of the molecule is Cn1cc(CCC(O)c2cc(F)c(F)c(F)c2)cn1. The van der Waals surface area contributed by atoms with E-state index in [0.717, 1.165) is 17.7 Å². The first kappa shape index (κ1) is 13.6. The Morgan fingerprint density at radius 1 is 1.26 bits per heavy atom. The van der Waals surface area contributed by atoms with E-state index in [2.05, 4.69) is 5.10 Å². The number of rotatable bonds is 4. The van der Waals surface area contributed by atoms with Gasteiger partial charge in [0.2, 0.25) is 0 Å². The van der Waals surface area contributed by atoms with Crippen molar-refractivity contribution in [2.24, 2.45) is 7.05 Å². The molecule has 0 aliphatic carbocycles. The first-order valence-electron chi connectivity index (χ1n) is 5.77. The van der Waals surface area contributed by atoms with Gasteiger partial charge in [-0.15, -0.1) is 0 Å². The van der Waals surface area contributed by atoms with Crippen LogP contribution in [0, 0.1) is 17.5 Å². The van der Waals surface area contributed by atoms with Crippen molar-refractivity contribution in [3.05, 3.63) is 53.1 Å². The van der Waals surface area contributed by atoms with Crippen molar-refractivity contribution in [2.45, 2.75) is 18.9 Å². The number of hydrogen-bond acceptors (Lipinski definition) is 2. The molecule has 1 aromatic heterocycles. The van der Waals surface area contributed by atoms with Crippen LogP contribution in [-0.4, -0.2) is 14.9 Å². The van der Waals surface area contributed by atoms with Crippen LogP contribution in [0.15, 0.2) is 24.5 Å². The lowest BCUT2D eigenvalue weighted by atomic mass is 10.0. The molecular formula is C13H13F3N2O. The van der Waals surface area contributed by atoms with Crippen molar-refractivity contribution >= 4 is 0 Å². The van der Waals surface area contributed by atoms with Gasteiger partial charge in [-0.25, -0.2) is 13.2 Å². The molecule has 1 unspecified atom stereocenters. The average molecular weight is 270 g/mol. The first-order valence-corrected chi connectivity index (χ1v) is 5.77. The van der Waals surface area contributed by atoms with Gasteiger partial charge in [-0.2, -0.15) is 5.10 Å². The summed E-state index contributed by atoms with van der Waals surface area (Å²) in [6.07, 6.45) is 3.17. The van der Waals surface area contributed by atoms with Gasteiger partial charge in [-0.05, 0) is 36.1 Å². The predicted molar refractivity (Wildman–Crippen MR) is 62.8 cm³/mol. The van der Waals surface area contributed by atoms with Gasteiger partial charge in [0.15, 0.2) is 17.5 Å². The Morgan fingerprint density at radius 2 is 1.89 bits per heavy atom. The van der Waals surface area contributed by atoms with E-state index in [-0.39, 0.29) is 12.0 Å². The monoisotopic (exact) mass is 270 g/mol. The molecule has 0 spiro atoms. The molecule has 1 aromatic carbocycles. The zero-order valence-corrected chi connectivity index (χ0v) is 10.3. The maximum Gasteiger partial charge on any atom is 0.194 e. The van der Waals surface area contributed by atoms with Crippen molar-refractivity contribution in [1.29, 1.82) is 0 Å². The molecular weight excluding hydrogens is 257 g/mol. The van der Waals surface area contributed by atoms with Crippen LogP contribution in [0.2, 0.25) is 0 Å². The van der Waals surface area contributed by atoms with E-state index in [4.69, 9.17) is 0 Å². The van der Waals surface area contributed by atoms with Crippen molar-refractivity contribution < 1.29 is 18.3 Å². The van der Waals surface area contributed by atoms with E-state index in [9.17, 15) is 18.3 Å². The second-order valence-corrected chi connectivity index (χ2v) is 4.38. The van der Waals surface area contributed by atoms with Gasteiger partial charge in [-0.1, -0.05) is 0 Å². The van der Waals surface area contributed by atoms with Gasteiger partial charge in [0.25, 0.3) is 0 Å². The summed E-state index contributed by atoms with van der Waals surface area (Å²) in [6, 6.07) is 1.62. The Kier molecular flexibility index (Phi) is 3.90. The molecule has 0 aliphatic heterocycles. The Hall–Kier alpha value is -1.82. The van der Waals surface area contributed by atoms with Crippen LogP contribution in [0.3, 0.4) is 0 Å². The lowest BCUT2D eigenvalue weighted by Crippen LogP contribution is -2.03. The van der Waals surface area contributed by atoms with Gasteiger partial charge < -0.3 is 5.11 Å². The molecule has 3 nitrogen and oxygen atoms in total. The molecule has 2 aromatic rings. The molecule has 2 rings (SSSR count). The van der Waals surface area contributed by atoms with Crippen LogP contribution >= 0.6 is 0 Å². The fourth-order valence-corrected chi connectivity index (χ4v) is 1.84. The van der Waals surface area contributed by atoms with Crippen molar-refractivity contribution in [2.75, 3.05) is 0 Å². The van der Waals surface area contributed by atoms with E-state index >= 15 is 0 Å². The Balaban J connectivity index is 2.05. The highest BCUT2D eigenvalue weighted by molar-refractivity contribution is 5.21. The summed E-state index contributed by atoms with van der Waals surface area (Å²) in [4.78, 5) is 0. The van der Waals surface area contributed by atoms with Gasteiger partial charge in [0.05, 0.1) is 12.3 Å². The van der Waals surface area contributed by atoms with Crippen LogP contribution in [-0.2, 0) is 13.5 Å². The predicted octanol–water partition coefficient (Wildman–Crippen LogP) is 2.50. The number of aliphatic hydroxyl groups excluding tert-OH is 1. The molecule has 0 aliphatic rings. The van der Waals surface area contributed by atoms with Gasteiger partial charge >= 0.3 is 0 Å². The van der Waals surface area contributed by atoms with Gasteiger partial charge in [0.1, 0.15) is 0 Å². The number of aromatic nitrogens is 2. The third kappa shape index (κ3) is 3.14. The number of benzene rings is 1. The minimum atomic E-state index is -1.52.